The van der Waals surface area contributed by atoms with E-state index in [1.165, 1.54) is 0 Å². The van der Waals surface area contributed by atoms with Crippen molar-refractivity contribution in [2.75, 3.05) is 19.6 Å². The summed E-state index contributed by atoms with van der Waals surface area (Å²) >= 11 is 0. The van der Waals surface area contributed by atoms with Gasteiger partial charge in [-0.3, -0.25) is 4.79 Å². The average Bonchev–Trinajstić information content (AvgIpc) is 2.85. The van der Waals surface area contributed by atoms with Crippen molar-refractivity contribution in [3.05, 3.63) is 35.9 Å². The summed E-state index contributed by atoms with van der Waals surface area (Å²) in [6.07, 6.45) is 1.57. The fourth-order valence-electron chi connectivity index (χ4n) is 2.67. The average molecular weight is 263 g/mol. The van der Waals surface area contributed by atoms with E-state index in [2.05, 4.69) is 4.90 Å². The van der Waals surface area contributed by atoms with Crippen molar-refractivity contribution < 1.29 is 15.0 Å². The third-order valence-electron chi connectivity index (χ3n) is 3.75. The highest BCUT2D eigenvalue weighted by atomic mass is 16.4. The summed E-state index contributed by atoms with van der Waals surface area (Å²) in [5.41, 5.74) is 0.941. The van der Waals surface area contributed by atoms with E-state index in [0.29, 0.717) is 12.5 Å². The number of β-amino-alcohol motifs (C(OH)–C–C–N with tert-alkyl or cyclic N) is 1. The minimum atomic E-state index is -0.720. The van der Waals surface area contributed by atoms with E-state index in [1.54, 1.807) is 0 Å². The molecule has 4 nitrogen and oxygen atoms in total. The SMILES string of the molecule is O=C(O)CCC1CCN(CC(O)c2ccccc2)C1. The molecule has 2 unspecified atom stereocenters. The molecule has 0 bridgehead atoms. The Bertz CT molecular complexity index is 407. The number of benzene rings is 1. The molecule has 0 spiro atoms. The first-order chi connectivity index (χ1) is 9.15. The van der Waals surface area contributed by atoms with Gasteiger partial charge in [0, 0.05) is 19.5 Å². The maximum Gasteiger partial charge on any atom is 0.303 e. The van der Waals surface area contributed by atoms with Gasteiger partial charge in [-0.15, -0.1) is 0 Å². The Hall–Kier alpha value is -1.39. The van der Waals surface area contributed by atoms with Crippen LogP contribution in [-0.2, 0) is 4.79 Å². The number of likely N-dealkylation sites (tertiary alicyclic amines) is 1. The minimum Gasteiger partial charge on any atom is -0.481 e. The van der Waals surface area contributed by atoms with Crippen molar-refractivity contribution in [3.63, 3.8) is 0 Å². The van der Waals surface area contributed by atoms with Crippen LogP contribution < -0.4 is 0 Å². The number of rotatable bonds is 6. The smallest absolute Gasteiger partial charge is 0.303 e. The topological polar surface area (TPSA) is 60.8 Å². The zero-order valence-electron chi connectivity index (χ0n) is 11.0. The molecule has 0 radical (unpaired) electrons. The molecular formula is C15H21NO3. The molecule has 1 aliphatic rings. The highest BCUT2D eigenvalue weighted by Gasteiger charge is 2.24. The predicted molar refractivity (Wildman–Crippen MR) is 72.8 cm³/mol. The van der Waals surface area contributed by atoms with Crippen LogP contribution in [0.5, 0.6) is 0 Å². The normalized spacial score (nSPS) is 21.4. The fourth-order valence-corrected chi connectivity index (χ4v) is 2.67. The number of aliphatic carboxylic acids is 1. The number of aliphatic hydroxyl groups is 1. The summed E-state index contributed by atoms with van der Waals surface area (Å²) in [5, 5.41) is 18.8. The van der Waals surface area contributed by atoms with E-state index in [-0.39, 0.29) is 6.42 Å². The second kappa shape index (κ2) is 6.68. The molecule has 1 aromatic rings. The molecule has 1 fully saturated rings. The van der Waals surface area contributed by atoms with E-state index in [1.807, 2.05) is 30.3 Å². The molecular weight excluding hydrogens is 242 g/mol. The number of carbonyl (C=O) groups is 1. The first-order valence-electron chi connectivity index (χ1n) is 6.82. The molecule has 2 rings (SSSR count). The second-order valence-electron chi connectivity index (χ2n) is 5.27. The van der Waals surface area contributed by atoms with Crippen LogP contribution in [0.2, 0.25) is 0 Å². The molecule has 1 aromatic carbocycles. The molecule has 0 amide bonds. The third-order valence-corrected chi connectivity index (χ3v) is 3.75. The maximum atomic E-state index is 10.5. The van der Waals surface area contributed by atoms with Gasteiger partial charge in [-0.25, -0.2) is 0 Å². The Morgan fingerprint density at radius 2 is 2.11 bits per heavy atom. The van der Waals surface area contributed by atoms with E-state index in [4.69, 9.17) is 5.11 Å². The summed E-state index contributed by atoms with van der Waals surface area (Å²) in [6.45, 7) is 2.49. The summed E-state index contributed by atoms with van der Waals surface area (Å²) in [7, 11) is 0. The van der Waals surface area contributed by atoms with E-state index in [9.17, 15) is 9.90 Å². The second-order valence-corrected chi connectivity index (χ2v) is 5.27. The predicted octanol–water partition coefficient (Wildman–Crippen LogP) is 1.91. The van der Waals surface area contributed by atoms with Gasteiger partial charge in [-0.2, -0.15) is 0 Å². The van der Waals surface area contributed by atoms with Crippen LogP contribution >= 0.6 is 0 Å². The van der Waals surface area contributed by atoms with Crippen molar-refractivity contribution in [1.82, 2.24) is 4.90 Å². The van der Waals surface area contributed by atoms with Crippen LogP contribution in [0.15, 0.2) is 30.3 Å². The first-order valence-corrected chi connectivity index (χ1v) is 6.82. The van der Waals surface area contributed by atoms with Gasteiger partial charge in [0.05, 0.1) is 6.10 Å². The summed E-state index contributed by atoms with van der Waals surface area (Å²) < 4.78 is 0. The van der Waals surface area contributed by atoms with E-state index in [0.717, 1.165) is 31.5 Å². The molecule has 1 heterocycles. The van der Waals surface area contributed by atoms with Crippen molar-refractivity contribution in [3.8, 4) is 0 Å². The zero-order valence-corrected chi connectivity index (χ0v) is 11.0. The maximum absolute atomic E-state index is 10.5. The molecule has 19 heavy (non-hydrogen) atoms. The van der Waals surface area contributed by atoms with Gasteiger partial charge < -0.3 is 15.1 Å². The van der Waals surface area contributed by atoms with Gasteiger partial charge in [0.2, 0.25) is 0 Å². The molecule has 0 saturated carbocycles. The molecule has 1 aliphatic heterocycles. The van der Waals surface area contributed by atoms with Gasteiger partial charge >= 0.3 is 5.97 Å². The van der Waals surface area contributed by atoms with Crippen LogP contribution in [0.3, 0.4) is 0 Å². The molecule has 4 heteroatoms. The largest absolute Gasteiger partial charge is 0.481 e. The van der Waals surface area contributed by atoms with Gasteiger partial charge in [0.25, 0.3) is 0 Å². The molecule has 2 N–H and O–H groups in total. The molecule has 2 atom stereocenters. The van der Waals surface area contributed by atoms with Gasteiger partial charge in [0.1, 0.15) is 0 Å². The van der Waals surface area contributed by atoms with Gasteiger partial charge in [-0.05, 0) is 30.9 Å². The molecule has 0 aliphatic carbocycles. The van der Waals surface area contributed by atoms with Crippen LogP contribution in [0.1, 0.15) is 30.9 Å². The molecule has 0 aromatic heterocycles. The zero-order chi connectivity index (χ0) is 13.7. The van der Waals surface area contributed by atoms with Gasteiger partial charge in [0.15, 0.2) is 0 Å². The quantitative estimate of drug-likeness (QED) is 0.823. The summed E-state index contributed by atoms with van der Waals surface area (Å²) in [5.74, 6) is -0.262. The first kappa shape index (κ1) is 14.0. The number of hydrogen-bond acceptors (Lipinski definition) is 3. The lowest BCUT2D eigenvalue weighted by Crippen LogP contribution is -2.26. The Kier molecular flexibility index (Phi) is 4.93. The highest BCUT2D eigenvalue weighted by Crippen LogP contribution is 2.23. The lowest BCUT2D eigenvalue weighted by atomic mass is 10.0. The molecule has 1 saturated heterocycles. The fraction of sp³-hybridized carbons (Fsp3) is 0.533. The lowest BCUT2D eigenvalue weighted by molar-refractivity contribution is -0.137. The highest BCUT2D eigenvalue weighted by molar-refractivity contribution is 5.66. The number of nitrogens with zero attached hydrogens (tertiary/aromatic N) is 1. The summed E-state index contributed by atoms with van der Waals surface area (Å²) in [6, 6.07) is 9.66. The monoisotopic (exact) mass is 263 g/mol. The van der Waals surface area contributed by atoms with Crippen LogP contribution in [0.4, 0.5) is 0 Å². The van der Waals surface area contributed by atoms with E-state index >= 15 is 0 Å². The number of hydrogen-bond donors (Lipinski definition) is 2. The van der Waals surface area contributed by atoms with Crippen LogP contribution in [0, 0.1) is 5.92 Å². The number of carboxylic acids is 1. The van der Waals surface area contributed by atoms with Crippen LogP contribution in [0.25, 0.3) is 0 Å². The number of aliphatic hydroxyl groups excluding tert-OH is 1. The number of carboxylic acid groups (broad SMARTS) is 1. The van der Waals surface area contributed by atoms with E-state index < -0.39 is 12.1 Å². The van der Waals surface area contributed by atoms with Crippen molar-refractivity contribution in [1.29, 1.82) is 0 Å². The third kappa shape index (κ3) is 4.33. The lowest BCUT2D eigenvalue weighted by Gasteiger charge is -2.20. The van der Waals surface area contributed by atoms with Crippen molar-refractivity contribution in [2.24, 2.45) is 5.92 Å². The van der Waals surface area contributed by atoms with Crippen molar-refractivity contribution in [2.45, 2.75) is 25.4 Å². The Balaban J connectivity index is 1.77. The Labute approximate surface area is 113 Å². The van der Waals surface area contributed by atoms with Gasteiger partial charge in [-0.1, -0.05) is 30.3 Å². The Morgan fingerprint density at radius 1 is 1.37 bits per heavy atom. The summed E-state index contributed by atoms with van der Waals surface area (Å²) in [4.78, 5) is 12.8. The standard InChI is InChI=1S/C15H21NO3/c17-14(13-4-2-1-3-5-13)11-16-9-8-12(10-16)6-7-15(18)19/h1-5,12,14,17H,6-11H2,(H,18,19). The molecule has 104 valence electrons. The Morgan fingerprint density at radius 3 is 2.79 bits per heavy atom. The minimum absolute atomic E-state index is 0.250. The van der Waals surface area contributed by atoms with Crippen LogP contribution in [-0.4, -0.2) is 40.7 Å². The van der Waals surface area contributed by atoms with Crippen molar-refractivity contribution >= 4 is 5.97 Å².